The molecule has 1 aromatic rings. The summed E-state index contributed by atoms with van der Waals surface area (Å²) in [6.45, 7) is 2.55. The number of amides is 3. The van der Waals surface area contributed by atoms with Crippen LogP contribution in [0, 0.1) is 11.8 Å². The fourth-order valence-electron chi connectivity index (χ4n) is 5.34. The third-order valence-corrected chi connectivity index (χ3v) is 7.55. The zero-order valence-electron chi connectivity index (χ0n) is 15.2. The van der Waals surface area contributed by atoms with Crippen LogP contribution in [0.2, 0.25) is 0 Å². The van der Waals surface area contributed by atoms with E-state index in [-0.39, 0.29) is 17.7 Å². The number of anilines is 1. The van der Waals surface area contributed by atoms with Crippen LogP contribution in [-0.2, 0) is 19.1 Å². The highest BCUT2D eigenvalue weighted by Gasteiger charge is 2.82. The quantitative estimate of drug-likeness (QED) is 0.746. The molecule has 6 nitrogen and oxygen atoms in total. The molecule has 1 spiro atoms. The van der Waals surface area contributed by atoms with Crippen molar-refractivity contribution >= 4 is 35.2 Å². The molecule has 4 fully saturated rings. The van der Waals surface area contributed by atoms with Gasteiger partial charge in [0.25, 0.3) is 5.91 Å². The van der Waals surface area contributed by atoms with E-state index in [1.54, 1.807) is 17.0 Å². The topological polar surface area (TPSA) is 66.9 Å². The molecule has 142 valence electrons. The summed E-state index contributed by atoms with van der Waals surface area (Å²) < 4.78 is 6.45. The van der Waals surface area contributed by atoms with Gasteiger partial charge in [-0.2, -0.15) is 0 Å². The third kappa shape index (κ3) is 1.99. The Bertz CT molecular complexity index is 831. The Morgan fingerprint density at radius 1 is 1.07 bits per heavy atom. The van der Waals surface area contributed by atoms with Crippen LogP contribution >= 0.6 is 11.8 Å². The zero-order valence-corrected chi connectivity index (χ0v) is 16.0. The lowest BCUT2D eigenvalue weighted by molar-refractivity contribution is -0.149. The molecule has 0 aliphatic carbocycles. The number of nitrogens with zero attached hydrogens (tertiary/aromatic N) is 2. The molecule has 0 N–H and O–H groups in total. The molecule has 3 amide bonds. The average Bonchev–Trinajstić information content (AvgIpc) is 3.11. The molecule has 4 atom stereocenters. The summed E-state index contributed by atoms with van der Waals surface area (Å²) in [6.07, 6.45) is 3.43. The summed E-state index contributed by atoms with van der Waals surface area (Å²) in [4.78, 5) is 42.1. The molecular weight excluding hydrogens is 364 g/mol. The average molecular weight is 386 g/mol. The monoisotopic (exact) mass is 386 g/mol. The van der Waals surface area contributed by atoms with E-state index in [0.29, 0.717) is 24.4 Å². The van der Waals surface area contributed by atoms with Gasteiger partial charge in [0.15, 0.2) is 5.72 Å². The van der Waals surface area contributed by atoms with Crippen LogP contribution in [0.4, 0.5) is 5.69 Å². The number of ether oxygens (including phenoxy) is 1. The first-order valence-electron chi connectivity index (χ1n) is 9.66. The van der Waals surface area contributed by atoms with Crippen molar-refractivity contribution in [2.75, 3.05) is 17.2 Å². The Hall–Kier alpha value is -1.86. The van der Waals surface area contributed by atoms with Gasteiger partial charge >= 0.3 is 0 Å². The molecule has 4 aliphatic heterocycles. The normalized spacial score (nSPS) is 37.6. The second-order valence-electron chi connectivity index (χ2n) is 7.62. The lowest BCUT2D eigenvalue weighted by atomic mass is 9.79. The highest BCUT2D eigenvalue weighted by molar-refractivity contribution is 8.01. The van der Waals surface area contributed by atoms with E-state index < -0.39 is 22.5 Å². The molecule has 0 radical (unpaired) electrons. The second-order valence-corrected chi connectivity index (χ2v) is 9.09. The van der Waals surface area contributed by atoms with Gasteiger partial charge in [0, 0.05) is 6.54 Å². The van der Waals surface area contributed by atoms with Crippen molar-refractivity contribution in [3.8, 4) is 0 Å². The first-order chi connectivity index (χ1) is 13.1. The number of thioether (sulfide) groups is 1. The van der Waals surface area contributed by atoms with Crippen LogP contribution in [0.3, 0.4) is 0 Å². The SMILES string of the molecule is CCSC12OC3(CCCCCN3C1=O)C1C(=O)N(c3ccccc3)C(=O)C12. The van der Waals surface area contributed by atoms with E-state index in [2.05, 4.69) is 0 Å². The smallest absolute Gasteiger partial charge is 0.268 e. The summed E-state index contributed by atoms with van der Waals surface area (Å²) in [5.74, 6) is -1.35. The zero-order chi connectivity index (χ0) is 18.8. The van der Waals surface area contributed by atoms with E-state index in [1.807, 2.05) is 25.1 Å². The number of carbonyl (C=O) groups is 3. The van der Waals surface area contributed by atoms with Crippen molar-refractivity contribution in [2.24, 2.45) is 11.8 Å². The highest BCUT2D eigenvalue weighted by Crippen LogP contribution is 2.65. The third-order valence-electron chi connectivity index (χ3n) is 6.32. The first-order valence-corrected chi connectivity index (χ1v) is 10.6. The van der Waals surface area contributed by atoms with Crippen LogP contribution in [0.5, 0.6) is 0 Å². The number of benzene rings is 1. The van der Waals surface area contributed by atoms with Gasteiger partial charge in [0.2, 0.25) is 16.7 Å². The molecule has 4 aliphatic rings. The highest BCUT2D eigenvalue weighted by atomic mass is 32.2. The Morgan fingerprint density at radius 3 is 2.56 bits per heavy atom. The maximum absolute atomic E-state index is 13.5. The van der Waals surface area contributed by atoms with Crippen molar-refractivity contribution in [2.45, 2.75) is 43.3 Å². The summed E-state index contributed by atoms with van der Waals surface area (Å²) in [5.41, 5.74) is -0.390. The minimum absolute atomic E-state index is 0.117. The number of imide groups is 1. The number of hydrogen-bond acceptors (Lipinski definition) is 5. The molecule has 0 saturated carbocycles. The summed E-state index contributed by atoms with van der Waals surface area (Å²) in [5, 5.41) is 0. The van der Waals surface area contributed by atoms with E-state index >= 15 is 0 Å². The minimum Gasteiger partial charge on any atom is -0.327 e. The van der Waals surface area contributed by atoms with Crippen molar-refractivity contribution in [3.05, 3.63) is 30.3 Å². The first kappa shape index (κ1) is 17.3. The van der Waals surface area contributed by atoms with Crippen molar-refractivity contribution < 1.29 is 19.1 Å². The number of carbonyl (C=O) groups excluding carboxylic acids is 3. The second kappa shape index (κ2) is 5.82. The van der Waals surface area contributed by atoms with Crippen LogP contribution in [0.15, 0.2) is 30.3 Å². The Balaban J connectivity index is 1.66. The van der Waals surface area contributed by atoms with Crippen molar-refractivity contribution in [3.63, 3.8) is 0 Å². The molecule has 1 aromatic carbocycles. The lowest BCUT2D eigenvalue weighted by Crippen LogP contribution is -2.59. The number of para-hydroxylation sites is 1. The molecule has 4 heterocycles. The van der Waals surface area contributed by atoms with Gasteiger partial charge in [-0.05, 0) is 37.1 Å². The van der Waals surface area contributed by atoms with E-state index in [4.69, 9.17) is 4.74 Å². The molecule has 2 bridgehead atoms. The predicted octanol–water partition coefficient (Wildman–Crippen LogP) is 2.38. The van der Waals surface area contributed by atoms with Gasteiger partial charge in [-0.1, -0.05) is 31.5 Å². The van der Waals surface area contributed by atoms with Crippen molar-refractivity contribution in [1.29, 1.82) is 0 Å². The van der Waals surface area contributed by atoms with Gasteiger partial charge in [0.1, 0.15) is 11.8 Å². The molecule has 0 aromatic heterocycles. The fourth-order valence-corrected chi connectivity index (χ4v) is 6.62. The molecule has 4 saturated heterocycles. The number of fused-ring (bicyclic) bond motifs is 3. The van der Waals surface area contributed by atoms with E-state index in [9.17, 15) is 14.4 Å². The molecular formula is C20H22N2O4S. The van der Waals surface area contributed by atoms with Gasteiger partial charge in [-0.25, -0.2) is 4.90 Å². The standard InChI is InChI=1S/C20H22N2O4S/c1-2-27-20-15-14(16(23)22(17(15)24)13-9-5-3-6-10-13)19(26-20)11-7-4-8-12-21(19)18(20)25/h3,5-6,9-10,14-15H,2,4,7-8,11-12H2,1H3. The largest absolute Gasteiger partial charge is 0.327 e. The van der Waals surface area contributed by atoms with Gasteiger partial charge in [0.05, 0.1) is 5.69 Å². The Kier molecular flexibility index (Phi) is 3.72. The summed E-state index contributed by atoms with van der Waals surface area (Å²) in [7, 11) is 0. The maximum Gasteiger partial charge on any atom is 0.268 e. The Morgan fingerprint density at radius 2 is 1.81 bits per heavy atom. The Labute approximate surface area is 162 Å². The number of piperidine rings is 1. The van der Waals surface area contributed by atoms with E-state index in [1.165, 1.54) is 16.7 Å². The summed E-state index contributed by atoms with van der Waals surface area (Å²) in [6, 6.07) is 9.01. The number of rotatable bonds is 3. The van der Waals surface area contributed by atoms with E-state index in [0.717, 1.165) is 19.3 Å². The van der Waals surface area contributed by atoms with Gasteiger partial charge in [-0.3, -0.25) is 14.4 Å². The number of hydrogen-bond donors (Lipinski definition) is 0. The molecule has 7 heteroatoms. The lowest BCUT2D eigenvalue weighted by Gasteiger charge is -2.39. The van der Waals surface area contributed by atoms with Crippen LogP contribution in [-0.4, -0.2) is 45.6 Å². The maximum atomic E-state index is 13.5. The fraction of sp³-hybridized carbons (Fsp3) is 0.550. The molecule has 4 unspecified atom stereocenters. The minimum atomic E-state index is -1.26. The van der Waals surface area contributed by atoms with Crippen LogP contribution in [0.25, 0.3) is 0 Å². The van der Waals surface area contributed by atoms with Crippen molar-refractivity contribution in [1.82, 2.24) is 4.90 Å². The molecule has 5 rings (SSSR count). The molecule has 27 heavy (non-hydrogen) atoms. The van der Waals surface area contributed by atoms with Gasteiger partial charge < -0.3 is 9.64 Å². The predicted molar refractivity (Wildman–Crippen MR) is 101 cm³/mol. The van der Waals surface area contributed by atoms with Crippen LogP contribution < -0.4 is 4.90 Å². The van der Waals surface area contributed by atoms with Gasteiger partial charge in [-0.15, -0.1) is 11.8 Å². The van der Waals surface area contributed by atoms with Crippen LogP contribution in [0.1, 0.15) is 32.6 Å². The summed E-state index contributed by atoms with van der Waals surface area (Å²) >= 11 is 1.37.